The van der Waals surface area contributed by atoms with Gasteiger partial charge in [0, 0.05) is 31.8 Å². The van der Waals surface area contributed by atoms with Gasteiger partial charge in [-0.05, 0) is 17.7 Å². The van der Waals surface area contributed by atoms with Crippen LogP contribution < -0.4 is 4.72 Å². The lowest BCUT2D eigenvalue weighted by Crippen LogP contribution is -2.69. The maximum absolute atomic E-state index is 13.3. The van der Waals surface area contributed by atoms with Gasteiger partial charge in [-0.15, -0.1) is 0 Å². The molecule has 2 aromatic carbocycles. The van der Waals surface area contributed by atoms with Crippen LogP contribution in [0.5, 0.6) is 0 Å². The third kappa shape index (κ3) is 5.12. The van der Waals surface area contributed by atoms with Gasteiger partial charge < -0.3 is 9.22 Å². The highest BCUT2D eigenvalue weighted by Crippen LogP contribution is 2.31. The molecule has 0 radical (unpaired) electrons. The van der Waals surface area contributed by atoms with E-state index in [1.54, 1.807) is 24.3 Å². The molecule has 0 aromatic heterocycles. The predicted octanol–water partition coefficient (Wildman–Crippen LogP) is 1.55. The van der Waals surface area contributed by atoms with Crippen molar-refractivity contribution in [1.29, 1.82) is 0 Å². The van der Waals surface area contributed by atoms with E-state index in [2.05, 4.69) is 9.62 Å². The number of methoxy groups -OCH3 is 1. The Bertz CT molecular complexity index is 1120. The molecule has 2 aromatic rings. The van der Waals surface area contributed by atoms with Gasteiger partial charge in [-0.1, -0.05) is 30.3 Å². The summed E-state index contributed by atoms with van der Waals surface area (Å²) in [4.78, 5) is 25.7. The number of nitro benzene ring substituents is 1. The number of non-ortho nitro benzene ring substituents is 1. The lowest BCUT2D eigenvalue weighted by Gasteiger charge is -2.51. The Morgan fingerprint density at radius 2 is 1.68 bits per heavy atom. The topological polar surface area (TPSA) is 119 Å². The summed E-state index contributed by atoms with van der Waals surface area (Å²) in [5.74, 6) is -1.22. The monoisotopic (exact) mass is 489 g/mol. The van der Waals surface area contributed by atoms with Crippen molar-refractivity contribution >= 4 is 21.7 Å². The zero-order valence-corrected chi connectivity index (χ0v) is 19.8. The molecule has 0 aliphatic carbocycles. The van der Waals surface area contributed by atoms with Crippen LogP contribution >= 0.6 is 0 Å². The van der Waals surface area contributed by atoms with Gasteiger partial charge >= 0.3 is 5.97 Å². The Balaban J connectivity index is 1.68. The number of quaternary nitrogens is 1. The van der Waals surface area contributed by atoms with Crippen molar-refractivity contribution in [3.8, 4) is 0 Å². The maximum atomic E-state index is 13.3. The number of nitrogens with zero attached hydrogens (tertiary/aromatic N) is 3. The summed E-state index contributed by atoms with van der Waals surface area (Å²) in [6.07, 6.45) is 0. The van der Waals surface area contributed by atoms with Gasteiger partial charge in [0.1, 0.15) is 5.92 Å². The number of esters is 1. The number of benzene rings is 2. The van der Waals surface area contributed by atoms with Crippen molar-refractivity contribution in [1.82, 2.24) is 9.62 Å². The molecule has 0 amide bonds. The highest BCUT2D eigenvalue weighted by Gasteiger charge is 2.45. The summed E-state index contributed by atoms with van der Waals surface area (Å²) >= 11 is 0. The standard InChI is InChI=1S/C23H29N4O6S/c1-33-23(28)21(17-27-14-11-25(12-15-27)13-16-27)22(18-5-3-2-4-6-18)24-34(31,32)20-9-7-19(8-10-20)26(29)30/h2-10,21-22,24H,11-17H2,1H3/q+1/t21-,22-/m1/s1. The second-order valence-electron chi connectivity index (χ2n) is 8.93. The number of carbonyl (C=O) groups excluding carboxylic acids is 1. The first-order valence-electron chi connectivity index (χ1n) is 11.2. The first-order valence-corrected chi connectivity index (χ1v) is 12.7. The Morgan fingerprint density at radius 1 is 1.09 bits per heavy atom. The fraction of sp³-hybridized carbons (Fsp3) is 0.435. The lowest BCUT2D eigenvalue weighted by atomic mass is 9.91. The maximum Gasteiger partial charge on any atom is 0.316 e. The van der Waals surface area contributed by atoms with E-state index >= 15 is 0 Å². The minimum Gasteiger partial charge on any atom is -0.469 e. The van der Waals surface area contributed by atoms with E-state index in [1.807, 2.05) is 6.07 Å². The molecular formula is C23H29N4O6S+. The van der Waals surface area contributed by atoms with Gasteiger partial charge in [-0.25, -0.2) is 13.1 Å². The zero-order chi connectivity index (χ0) is 24.3. The third-order valence-corrected chi connectivity index (χ3v) is 8.42. The molecule has 11 heteroatoms. The number of carbonyl (C=O) groups is 1. The van der Waals surface area contributed by atoms with Gasteiger partial charge in [0.05, 0.1) is 49.1 Å². The first-order chi connectivity index (χ1) is 16.2. The number of ether oxygens (including phenoxy) is 1. The molecule has 34 heavy (non-hydrogen) atoms. The number of hydrogen-bond acceptors (Lipinski definition) is 7. The molecule has 3 aliphatic heterocycles. The lowest BCUT2D eigenvalue weighted by molar-refractivity contribution is -0.943. The van der Waals surface area contributed by atoms with Crippen LogP contribution in [0.15, 0.2) is 59.5 Å². The summed E-state index contributed by atoms with van der Waals surface area (Å²) in [5.41, 5.74) is 0.447. The number of fused-ring (bicyclic) bond motifs is 3. The molecule has 3 saturated heterocycles. The van der Waals surface area contributed by atoms with Crippen molar-refractivity contribution < 1.29 is 27.4 Å². The zero-order valence-electron chi connectivity index (χ0n) is 19.0. The molecule has 182 valence electrons. The summed E-state index contributed by atoms with van der Waals surface area (Å²) in [6.45, 7) is 6.05. The minimum absolute atomic E-state index is 0.110. The van der Waals surface area contributed by atoms with Crippen LogP contribution in [0, 0.1) is 16.0 Å². The van der Waals surface area contributed by atoms with Crippen molar-refractivity contribution in [3.63, 3.8) is 0 Å². The molecule has 2 atom stereocenters. The highest BCUT2D eigenvalue weighted by atomic mass is 32.2. The van der Waals surface area contributed by atoms with Crippen molar-refractivity contribution in [2.24, 2.45) is 5.92 Å². The van der Waals surface area contributed by atoms with Crippen molar-refractivity contribution in [2.75, 3.05) is 52.9 Å². The fourth-order valence-corrected chi connectivity index (χ4v) is 6.18. The minimum atomic E-state index is -4.09. The van der Waals surface area contributed by atoms with E-state index in [9.17, 15) is 23.3 Å². The molecule has 3 heterocycles. The number of nitrogens with one attached hydrogen (secondary N) is 1. The molecule has 3 aliphatic rings. The van der Waals surface area contributed by atoms with Gasteiger partial charge in [0.2, 0.25) is 10.0 Å². The Morgan fingerprint density at radius 3 is 2.21 bits per heavy atom. The largest absolute Gasteiger partial charge is 0.469 e. The van der Waals surface area contributed by atoms with Gasteiger partial charge in [0.25, 0.3) is 5.69 Å². The van der Waals surface area contributed by atoms with E-state index in [-0.39, 0.29) is 10.6 Å². The van der Waals surface area contributed by atoms with Gasteiger partial charge in [-0.3, -0.25) is 19.8 Å². The molecule has 0 unspecified atom stereocenters. The Kier molecular flexibility index (Phi) is 6.99. The third-order valence-electron chi connectivity index (χ3n) is 6.96. The number of nitro groups is 1. The molecule has 3 fully saturated rings. The number of piperazine rings is 3. The van der Waals surface area contributed by atoms with Crippen LogP contribution in [0.4, 0.5) is 5.69 Å². The number of rotatable bonds is 9. The average Bonchev–Trinajstić information content (AvgIpc) is 2.87. The summed E-state index contributed by atoms with van der Waals surface area (Å²) in [7, 11) is -2.77. The summed E-state index contributed by atoms with van der Waals surface area (Å²) < 4.78 is 35.2. The normalized spacial score (nSPS) is 23.7. The van der Waals surface area contributed by atoms with Gasteiger partial charge in [-0.2, -0.15) is 0 Å². The molecule has 0 spiro atoms. The van der Waals surface area contributed by atoms with E-state index in [0.29, 0.717) is 12.1 Å². The first kappa shape index (κ1) is 24.3. The van der Waals surface area contributed by atoms with Crippen LogP contribution in [0.25, 0.3) is 0 Å². The van der Waals surface area contributed by atoms with Crippen LogP contribution in [-0.2, 0) is 19.6 Å². The molecule has 5 rings (SSSR count). The predicted molar refractivity (Wildman–Crippen MR) is 124 cm³/mol. The second-order valence-corrected chi connectivity index (χ2v) is 10.6. The van der Waals surface area contributed by atoms with Crippen LogP contribution in [0.1, 0.15) is 11.6 Å². The van der Waals surface area contributed by atoms with Gasteiger partial charge in [0.15, 0.2) is 0 Å². The Labute approximate surface area is 198 Å². The van der Waals surface area contributed by atoms with Crippen LogP contribution in [0.2, 0.25) is 0 Å². The van der Waals surface area contributed by atoms with Crippen molar-refractivity contribution in [2.45, 2.75) is 10.9 Å². The fourth-order valence-electron chi connectivity index (χ4n) is 4.92. The van der Waals surface area contributed by atoms with E-state index in [0.717, 1.165) is 55.9 Å². The quantitative estimate of drug-likeness (QED) is 0.246. The SMILES string of the molecule is COC(=O)[C@H](C[N+]12CCN(CC1)CC2)[C@H](NS(=O)(=O)c1ccc([N+](=O)[O-])cc1)c1ccccc1. The smallest absolute Gasteiger partial charge is 0.316 e. The molecule has 10 nitrogen and oxygen atoms in total. The number of sulfonamides is 1. The average molecular weight is 490 g/mol. The molecule has 0 saturated carbocycles. The second kappa shape index (κ2) is 9.79. The molecule has 2 bridgehead atoms. The number of hydrogen-bond donors (Lipinski definition) is 1. The molecule has 1 N–H and O–H groups in total. The van der Waals surface area contributed by atoms with Crippen LogP contribution in [-0.4, -0.2) is 81.6 Å². The van der Waals surface area contributed by atoms with Crippen LogP contribution in [0.3, 0.4) is 0 Å². The van der Waals surface area contributed by atoms with E-state index < -0.39 is 32.9 Å². The highest BCUT2D eigenvalue weighted by molar-refractivity contribution is 7.89. The van der Waals surface area contributed by atoms with E-state index in [1.165, 1.54) is 19.2 Å². The summed E-state index contributed by atoms with van der Waals surface area (Å²) in [6, 6.07) is 12.8. The van der Waals surface area contributed by atoms with E-state index in [4.69, 9.17) is 4.74 Å². The summed E-state index contributed by atoms with van der Waals surface area (Å²) in [5, 5.41) is 11.0. The Hall–Kier alpha value is -2.86. The molecular weight excluding hydrogens is 460 g/mol. The van der Waals surface area contributed by atoms with Crippen molar-refractivity contribution in [3.05, 3.63) is 70.3 Å².